The summed E-state index contributed by atoms with van der Waals surface area (Å²) in [6.07, 6.45) is 1.58. The van der Waals surface area contributed by atoms with Crippen LogP contribution in [0.1, 0.15) is 0 Å². The molecule has 0 spiro atoms. The number of nitrogens with zero attached hydrogens (tertiary/aromatic N) is 2. The van der Waals surface area contributed by atoms with Gasteiger partial charge in [-0.2, -0.15) is 5.10 Å². The second-order valence-corrected chi connectivity index (χ2v) is 5.28. The van der Waals surface area contributed by atoms with E-state index in [0.29, 0.717) is 0 Å². The molecule has 0 bridgehead atoms. The van der Waals surface area contributed by atoms with E-state index in [4.69, 9.17) is 5.73 Å². The first-order valence-corrected chi connectivity index (χ1v) is 6.45. The van der Waals surface area contributed by atoms with Crippen molar-refractivity contribution in [1.82, 2.24) is 9.78 Å². The molecule has 0 aliphatic rings. The molecule has 1 aromatic carbocycles. The summed E-state index contributed by atoms with van der Waals surface area (Å²) in [7, 11) is -2.30. The van der Waals surface area contributed by atoms with Crippen molar-refractivity contribution in [3.05, 3.63) is 36.3 Å². The van der Waals surface area contributed by atoms with Crippen LogP contribution in [-0.2, 0) is 17.1 Å². The normalized spacial score (nSPS) is 11.4. The lowest BCUT2D eigenvalue weighted by atomic mass is 10.3. The summed E-state index contributed by atoms with van der Waals surface area (Å²) in [6.45, 7) is 0. The molecule has 0 saturated carbocycles. The molecule has 18 heavy (non-hydrogen) atoms. The smallest absolute Gasteiger partial charge is 0.265 e. The number of benzene rings is 1. The topological polar surface area (TPSA) is 90.0 Å². The van der Waals surface area contributed by atoms with Crippen molar-refractivity contribution >= 4 is 21.5 Å². The Labute approximate surface area is 103 Å². The molecule has 2 aromatic rings. The zero-order chi connectivity index (χ0) is 13.3. The minimum Gasteiger partial charge on any atom is -0.395 e. The van der Waals surface area contributed by atoms with Gasteiger partial charge in [-0.3, -0.25) is 9.40 Å². The highest BCUT2D eigenvalue weighted by Gasteiger charge is 2.20. The highest BCUT2D eigenvalue weighted by Crippen LogP contribution is 2.22. The van der Waals surface area contributed by atoms with Gasteiger partial charge in [0, 0.05) is 19.3 Å². The average molecular weight is 270 g/mol. The first-order chi connectivity index (χ1) is 8.40. The fraction of sp³-hybridized carbons (Fsp3) is 0.100. The Morgan fingerprint density at radius 3 is 2.72 bits per heavy atom. The fourth-order valence-corrected chi connectivity index (χ4v) is 2.55. The maximum absolute atomic E-state index is 13.2. The van der Waals surface area contributed by atoms with Crippen LogP contribution in [0.15, 0.2) is 35.4 Å². The molecule has 0 radical (unpaired) electrons. The number of rotatable bonds is 3. The van der Waals surface area contributed by atoms with Crippen molar-refractivity contribution in [3.8, 4) is 0 Å². The van der Waals surface area contributed by atoms with Gasteiger partial charge in [-0.25, -0.2) is 12.8 Å². The Balaban J connectivity index is 2.40. The molecule has 0 saturated heterocycles. The third kappa shape index (κ3) is 2.28. The van der Waals surface area contributed by atoms with E-state index in [9.17, 15) is 12.8 Å². The number of nitrogens with one attached hydrogen (secondary N) is 1. The molecule has 0 aliphatic heterocycles. The Morgan fingerprint density at radius 2 is 2.11 bits per heavy atom. The Kier molecular flexibility index (Phi) is 2.95. The summed E-state index contributed by atoms with van der Waals surface area (Å²) >= 11 is 0. The van der Waals surface area contributed by atoms with Crippen LogP contribution in [0.3, 0.4) is 0 Å². The van der Waals surface area contributed by atoms with E-state index in [1.165, 1.54) is 22.9 Å². The van der Waals surface area contributed by atoms with Crippen LogP contribution in [-0.4, -0.2) is 18.2 Å². The second-order valence-electron chi connectivity index (χ2n) is 3.63. The molecule has 6 nitrogen and oxygen atoms in total. The van der Waals surface area contributed by atoms with Crippen LogP contribution < -0.4 is 10.5 Å². The zero-order valence-corrected chi connectivity index (χ0v) is 10.3. The summed E-state index contributed by atoms with van der Waals surface area (Å²) in [5.41, 5.74) is 4.99. The van der Waals surface area contributed by atoms with Crippen LogP contribution >= 0.6 is 0 Å². The molecule has 96 valence electrons. The summed E-state index contributed by atoms with van der Waals surface area (Å²) in [5, 5.41) is 3.87. The number of hydrogen-bond donors (Lipinski definition) is 2. The Hall–Kier alpha value is -2.09. The third-order valence-corrected chi connectivity index (χ3v) is 3.67. The van der Waals surface area contributed by atoms with Gasteiger partial charge < -0.3 is 5.73 Å². The van der Waals surface area contributed by atoms with Gasteiger partial charge in [0.1, 0.15) is 10.7 Å². The molecule has 0 amide bonds. The second kappa shape index (κ2) is 4.30. The molecular formula is C10H11FN4O2S. The van der Waals surface area contributed by atoms with Crippen LogP contribution in [0.2, 0.25) is 0 Å². The molecule has 0 fully saturated rings. The van der Waals surface area contributed by atoms with Gasteiger partial charge in [0.05, 0.1) is 5.69 Å². The predicted octanol–water partition coefficient (Wildman–Crippen LogP) is 0.942. The van der Waals surface area contributed by atoms with Gasteiger partial charge in [-0.05, 0) is 12.1 Å². The SMILES string of the molecule is Cn1ccc(NS(=O)(=O)c2cccc(F)c2N)n1. The molecule has 1 heterocycles. The zero-order valence-electron chi connectivity index (χ0n) is 9.46. The molecule has 2 rings (SSSR count). The van der Waals surface area contributed by atoms with Crippen LogP contribution in [0.4, 0.5) is 15.9 Å². The minimum absolute atomic E-state index is 0.140. The lowest BCUT2D eigenvalue weighted by Crippen LogP contribution is -2.16. The van der Waals surface area contributed by atoms with Gasteiger partial charge in [0.2, 0.25) is 0 Å². The van der Waals surface area contributed by atoms with E-state index in [-0.39, 0.29) is 10.7 Å². The first-order valence-electron chi connectivity index (χ1n) is 4.96. The molecule has 3 N–H and O–H groups in total. The predicted molar refractivity (Wildman–Crippen MR) is 64.8 cm³/mol. The Bertz CT molecular complexity index is 681. The molecular weight excluding hydrogens is 259 g/mol. The van der Waals surface area contributed by atoms with Gasteiger partial charge in [0.25, 0.3) is 10.0 Å². The van der Waals surface area contributed by atoms with Crippen molar-refractivity contribution < 1.29 is 12.8 Å². The van der Waals surface area contributed by atoms with Gasteiger partial charge in [-0.15, -0.1) is 0 Å². The summed E-state index contributed by atoms with van der Waals surface area (Å²) in [4.78, 5) is -0.312. The largest absolute Gasteiger partial charge is 0.395 e. The number of halogens is 1. The number of nitrogens with two attached hydrogens (primary N) is 1. The maximum atomic E-state index is 13.2. The molecule has 0 atom stereocenters. The summed E-state index contributed by atoms with van der Waals surface area (Å²) in [6, 6.07) is 5.07. The highest BCUT2D eigenvalue weighted by atomic mass is 32.2. The third-order valence-electron chi connectivity index (χ3n) is 2.25. The van der Waals surface area contributed by atoms with Gasteiger partial charge in [-0.1, -0.05) is 6.07 Å². The lowest BCUT2D eigenvalue weighted by molar-refractivity contribution is 0.597. The van der Waals surface area contributed by atoms with Crippen LogP contribution in [0, 0.1) is 5.82 Å². The van der Waals surface area contributed by atoms with Crippen molar-refractivity contribution in [3.63, 3.8) is 0 Å². The number of anilines is 2. The summed E-state index contributed by atoms with van der Waals surface area (Å²) in [5.74, 6) is -0.639. The van der Waals surface area contributed by atoms with E-state index in [0.717, 1.165) is 6.07 Å². The van der Waals surface area contributed by atoms with Crippen molar-refractivity contribution in [1.29, 1.82) is 0 Å². The van der Waals surface area contributed by atoms with E-state index in [1.807, 2.05) is 0 Å². The first kappa shape index (κ1) is 12.4. The molecule has 0 unspecified atom stereocenters. The number of para-hydroxylation sites is 1. The Morgan fingerprint density at radius 1 is 1.39 bits per heavy atom. The monoisotopic (exact) mass is 270 g/mol. The quantitative estimate of drug-likeness (QED) is 0.812. The van der Waals surface area contributed by atoms with Gasteiger partial charge >= 0.3 is 0 Å². The average Bonchev–Trinajstić information content (AvgIpc) is 2.67. The fourth-order valence-electron chi connectivity index (χ4n) is 1.41. The van der Waals surface area contributed by atoms with Gasteiger partial charge in [0.15, 0.2) is 5.82 Å². The number of hydrogen-bond acceptors (Lipinski definition) is 4. The van der Waals surface area contributed by atoms with Crippen LogP contribution in [0.5, 0.6) is 0 Å². The number of sulfonamides is 1. The number of nitrogen functional groups attached to an aromatic ring is 1. The maximum Gasteiger partial charge on any atom is 0.265 e. The number of aromatic nitrogens is 2. The van der Waals surface area contributed by atoms with Crippen LogP contribution in [0.25, 0.3) is 0 Å². The minimum atomic E-state index is -3.94. The molecule has 1 aromatic heterocycles. The highest BCUT2D eigenvalue weighted by molar-refractivity contribution is 7.92. The molecule has 8 heteroatoms. The van der Waals surface area contributed by atoms with Crippen molar-refractivity contribution in [2.75, 3.05) is 10.5 Å². The molecule has 0 aliphatic carbocycles. The number of aryl methyl sites for hydroxylation is 1. The standard InChI is InChI=1S/C10H11FN4O2S/c1-15-6-5-9(13-15)14-18(16,17)8-4-2-3-7(11)10(8)12/h2-6H,12H2,1H3,(H,13,14). The van der Waals surface area contributed by atoms with E-state index < -0.39 is 21.5 Å². The van der Waals surface area contributed by atoms with E-state index in [1.54, 1.807) is 13.2 Å². The summed E-state index contributed by atoms with van der Waals surface area (Å²) < 4.78 is 40.8. The lowest BCUT2D eigenvalue weighted by Gasteiger charge is -2.08. The van der Waals surface area contributed by atoms with Crippen molar-refractivity contribution in [2.45, 2.75) is 4.90 Å². The van der Waals surface area contributed by atoms with E-state index >= 15 is 0 Å². The van der Waals surface area contributed by atoms with E-state index in [2.05, 4.69) is 9.82 Å². The van der Waals surface area contributed by atoms with Crippen molar-refractivity contribution in [2.24, 2.45) is 7.05 Å².